The summed E-state index contributed by atoms with van der Waals surface area (Å²) in [5, 5.41) is 12.6. The third-order valence-electron chi connectivity index (χ3n) is 4.95. The van der Waals surface area contributed by atoms with E-state index in [0.29, 0.717) is 16.9 Å². The summed E-state index contributed by atoms with van der Waals surface area (Å²) in [7, 11) is 0. The lowest BCUT2D eigenvalue weighted by Gasteiger charge is -2.15. The zero-order valence-electron chi connectivity index (χ0n) is 18.2. The average molecular weight is 415 g/mol. The molecule has 5 nitrogen and oxygen atoms in total. The van der Waals surface area contributed by atoms with Gasteiger partial charge >= 0.3 is 5.97 Å². The summed E-state index contributed by atoms with van der Waals surface area (Å²) in [6.45, 7) is 7.46. The Balaban J connectivity index is 2.15. The largest absolute Gasteiger partial charge is 0.478 e. The Bertz CT molecular complexity index is 1190. The fourth-order valence-corrected chi connectivity index (χ4v) is 3.69. The number of carbonyl (C=O) groups excluding carboxylic acids is 1. The maximum absolute atomic E-state index is 11.9. The van der Waals surface area contributed by atoms with Crippen molar-refractivity contribution >= 4 is 17.6 Å². The van der Waals surface area contributed by atoms with Gasteiger partial charge in [0.15, 0.2) is 0 Å². The van der Waals surface area contributed by atoms with E-state index in [4.69, 9.17) is 0 Å². The summed E-state index contributed by atoms with van der Waals surface area (Å²) >= 11 is 0. The highest BCUT2D eigenvalue weighted by Crippen LogP contribution is 2.25. The zero-order chi connectivity index (χ0) is 22.5. The van der Waals surface area contributed by atoms with Gasteiger partial charge in [0.1, 0.15) is 0 Å². The molecule has 0 spiro atoms. The molecule has 3 aromatic rings. The molecular weight excluding hydrogens is 388 g/mol. The highest BCUT2D eigenvalue weighted by atomic mass is 16.4. The predicted molar refractivity (Wildman–Crippen MR) is 123 cm³/mol. The van der Waals surface area contributed by atoms with Crippen LogP contribution in [0.4, 0.5) is 5.69 Å². The lowest BCUT2D eigenvalue weighted by Crippen LogP contribution is -2.10. The Hall–Kier alpha value is -3.78. The van der Waals surface area contributed by atoms with Crippen LogP contribution in [0.1, 0.15) is 58.7 Å². The van der Waals surface area contributed by atoms with E-state index >= 15 is 0 Å². The Morgan fingerprint density at radius 2 is 1.74 bits per heavy atom. The molecule has 0 bridgehead atoms. The second-order valence-corrected chi connectivity index (χ2v) is 7.56. The summed E-state index contributed by atoms with van der Waals surface area (Å²) in [5.74, 6) is 5.21. The first-order valence-corrected chi connectivity index (χ1v) is 10.3. The van der Waals surface area contributed by atoms with Gasteiger partial charge in [-0.15, -0.1) is 0 Å². The summed E-state index contributed by atoms with van der Waals surface area (Å²) in [6.07, 6.45) is 1.86. The normalized spacial score (nSPS) is 10.3. The number of hydrogen-bond acceptors (Lipinski definition) is 2. The van der Waals surface area contributed by atoms with Gasteiger partial charge < -0.3 is 15.0 Å². The van der Waals surface area contributed by atoms with Gasteiger partial charge in [0.25, 0.3) is 0 Å². The minimum Gasteiger partial charge on any atom is -0.478 e. The minimum absolute atomic E-state index is 0.137. The second-order valence-electron chi connectivity index (χ2n) is 7.56. The van der Waals surface area contributed by atoms with Crippen molar-refractivity contribution in [2.45, 2.75) is 40.5 Å². The van der Waals surface area contributed by atoms with Crippen LogP contribution in [-0.2, 0) is 11.2 Å². The van der Waals surface area contributed by atoms with Crippen LogP contribution in [0.3, 0.4) is 0 Å². The standard InChI is InChI=1S/C26H26N2O3/c1-5-7-20-14-21(16-23(15-20)27-19(4)29)12-13-22-8-6-9-24(26(30)31)25(22)28-17(2)10-11-18(28)3/h6,8-11,14-16H,5,7H2,1-4H3,(H,27,29)(H,30,31). The minimum atomic E-state index is -0.996. The number of aromatic carboxylic acids is 1. The number of aromatic nitrogens is 1. The summed E-state index contributed by atoms with van der Waals surface area (Å²) in [5.41, 5.74) is 5.84. The van der Waals surface area contributed by atoms with Crippen LogP contribution >= 0.6 is 0 Å². The molecule has 0 unspecified atom stereocenters. The number of rotatable bonds is 5. The molecule has 0 saturated heterocycles. The van der Waals surface area contributed by atoms with E-state index in [1.165, 1.54) is 6.92 Å². The first-order valence-electron chi connectivity index (χ1n) is 10.3. The number of aryl methyl sites for hydroxylation is 3. The fourth-order valence-electron chi connectivity index (χ4n) is 3.69. The molecule has 1 amide bonds. The van der Waals surface area contributed by atoms with Gasteiger partial charge in [-0.1, -0.05) is 31.3 Å². The van der Waals surface area contributed by atoms with E-state index in [1.807, 2.05) is 54.8 Å². The molecule has 0 saturated carbocycles. The van der Waals surface area contributed by atoms with Gasteiger partial charge in [-0.3, -0.25) is 4.79 Å². The maximum atomic E-state index is 11.9. The predicted octanol–water partition coefficient (Wildman–Crippen LogP) is 5.10. The van der Waals surface area contributed by atoms with Crippen molar-refractivity contribution in [3.05, 3.63) is 82.2 Å². The molecule has 0 fully saturated rings. The molecule has 0 aliphatic rings. The van der Waals surface area contributed by atoms with E-state index < -0.39 is 5.97 Å². The highest BCUT2D eigenvalue weighted by Gasteiger charge is 2.17. The molecular formula is C26H26N2O3. The topological polar surface area (TPSA) is 71.3 Å². The van der Waals surface area contributed by atoms with Gasteiger partial charge in [0, 0.05) is 35.1 Å². The third-order valence-corrected chi connectivity index (χ3v) is 4.95. The molecule has 2 N–H and O–H groups in total. The van der Waals surface area contributed by atoms with E-state index in [-0.39, 0.29) is 11.5 Å². The van der Waals surface area contributed by atoms with Crippen LogP contribution in [0.15, 0.2) is 48.5 Å². The third kappa shape index (κ3) is 5.04. The number of anilines is 1. The van der Waals surface area contributed by atoms with Crippen LogP contribution in [0.2, 0.25) is 0 Å². The smallest absolute Gasteiger partial charge is 0.337 e. The van der Waals surface area contributed by atoms with E-state index in [2.05, 4.69) is 24.1 Å². The molecule has 158 valence electrons. The van der Waals surface area contributed by atoms with Gasteiger partial charge in [0.05, 0.1) is 11.3 Å². The number of carboxylic acid groups (broad SMARTS) is 1. The van der Waals surface area contributed by atoms with Gasteiger partial charge in [-0.05, 0) is 68.3 Å². The van der Waals surface area contributed by atoms with Crippen molar-refractivity contribution in [3.8, 4) is 17.5 Å². The van der Waals surface area contributed by atoms with Gasteiger partial charge in [0.2, 0.25) is 5.91 Å². The number of hydrogen-bond donors (Lipinski definition) is 2. The molecule has 1 aromatic heterocycles. The summed E-state index contributed by atoms with van der Waals surface area (Å²) in [4.78, 5) is 23.4. The number of nitrogens with one attached hydrogen (secondary N) is 1. The zero-order valence-corrected chi connectivity index (χ0v) is 18.2. The van der Waals surface area contributed by atoms with Crippen molar-refractivity contribution in [1.29, 1.82) is 0 Å². The second kappa shape index (κ2) is 9.36. The van der Waals surface area contributed by atoms with Crippen molar-refractivity contribution < 1.29 is 14.7 Å². The molecule has 0 aliphatic carbocycles. The highest BCUT2D eigenvalue weighted by molar-refractivity contribution is 5.93. The number of carbonyl (C=O) groups is 2. The van der Waals surface area contributed by atoms with Crippen LogP contribution in [0.25, 0.3) is 5.69 Å². The lowest BCUT2D eigenvalue weighted by atomic mass is 10.0. The monoisotopic (exact) mass is 414 g/mol. The Kier molecular flexibility index (Phi) is 6.61. The van der Waals surface area contributed by atoms with E-state index in [9.17, 15) is 14.7 Å². The van der Waals surface area contributed by atoms with Crippen molar-refractivity contribution in [2.24, 2.45) is 0 Å². The van der Waals surface area contributed by atoms with Crippen LogP contribution in [0.5, 0.6) is 0 Å². The SMILES string of the molecule is CCCc1cc(C#Cc2cccc(C(=O)O)c2-n2c(C)ccc2C)cc(NC(C)=O)c1. The quantitative estimate of drug-likeness (QED) is 0.571. The number of benzene rings is 2. The number of nitrogens with zero attached hydrogens (tertiary/aromatic N) is 1. The molecule has 31 heavy (non-hydrogen) atoms. The van der Waals surface area contributed by atoms with Crippen LogP contribution in [-0.4, -0.2) is 21.6 Å². The first-order chi connectivity index (χ1) is 14.8. The number of amides is 1. The molecule has 1 heterocycles. The fraction of sp³-hybridized carbons (Fsp3) is 0.231. The van der Waals surface area contributed by atoms with Gasteiger partial charge in [-0.2, -0.15) is 0 Å². The molecule has 2 aromatic carbocycles. The van der Waals surface area contributed by atoms with Crippen molar-refractivity contribution in [2.75, 3.05) is 5.32 Å². The number of para-hydroxylation sites is 1. The molecule has 5 heteroatoms. The Morgan fingerprint density at radius 1 is 1.03 bits per heavy atom. The average Bonchev–Trinajstić information content (AvgIpc) is 3.03. The molecule has 3 rings (SSSR count). The molecule has 0 atom stereocenters. The Morgan fingerprint density at radius 3 is 2.35 bits per heavy atom. The van der Waals surface area contributed by atoms with E-state index in [0.717, 1.165) is 35.4 Å². The summed E-state index contributed by atoms with van der Waals surface area (Å²) in [6, 6.07) is 14.9. The van der Waals surface area contributed by atoms with Crippen LogP contribution in [0, 0.1) is 25.7 Å². The number of carboxylic acids is 1. The first kappa shape index (κ1) is 21.9. The van der Waals surface area contributed by atoms with Crippen molar-refractivity contribution in [3.63, 3.8) is 0 Å². The maximum Gasteiger partial charge on any atom is 0.337 e. The van der Waals surface area contributed by atoms with E-state index in [1.54, 1.807) is 12.1 Å². The van der Waals surface area contributed by atoms with Crippen molar-refractivity contribution in [1.82, 2.24) is 4.57 Å². The molecule has 0 aliphatic heterocycles. The lowest BCUT2D eigenvalue weighted by molar-refractivity contribution is -0.114. The Labute approximate surface area is 182 Å². The molecule has 0 radical (unpaired) electrons. The van der Waals surface area contributed by atoms with Crippen LogP contribution < -0.4 is 5.32 Å². The van der Waals surface area contributed by atoms with Gasteiger partial charge in [-0.25, -0.2) is 4.79 Å². The summed E-state index contributed by atoms with van der Waals surface area (Å²) < 4.78 is 1.92.